The standard InChI is InChI=1S/C10H13NS/c1-2-4-9(5-3-1)12-10-6-7-11-8-10/h1-5,10-11H,6-8H2/t10-/m1/s1. The molecule has 1 aliphatic rings. The molecule has 0 spiro atoms. The average molecular weight is 179 g/mol. The van der Waals surface area contributed by atoms with E-state index in [1.54, 1.807) is 0 Å². The quantitative estimate of drug-likeness (QED) is 0.746. The fourth-order valence-corrected chi connectivity index (χ4v) is 2.56. The van der Waals surface area contributed by atoms with Crippen LogP contribution in [0, 0.1) is 0 Å². The third kappa shape index (κ3) is 2.02. The van der Waals surface area contributed by atoms with E-state index in [-0.39, 0.29) is 0 Å². The Hall–Kier alpha value is -0.470. The highest BCUT2D eigenvalue weighted by Gasteiger charge is 2.14. The third-order valence-electron chi connectivity index (χ3n) is 2.06. The van der Waals surface area contributed by atoms with Gasteiger partial charge in [0.25, 0.3) is 0 Å². The molecule has 0 bridgehead atoms. The lowest BCUT2D eigenvalue weighted by Gasteiger charge is -2.06. The van der Waals surface area contributed by atoms with E-state index in [1.165, 1.54) is 24.4 Å². The summed E-state index contributed by atoms with van der Waals surface area (Å²) in [5, 5.41) is 4.16. The van der Waals surface area contributed by atoms with Gasteiger partial charge in [-0.1, -0.05) is 18.2 Å². The van der Waals surface area contributed by atoms with Gasteiger partial charge in [-0.05, 0) is 25.1 Å². The van der Waals surface area contributed by atoms with Gasteiger partial charge in [-0.25, -0.2) is 0 Å². The van der Waals surface area contributed by atoms with Crippen molar-refractivity contribution in [2.24, 2.45) is 0 Å². The van der Waals surface area contributed by atoms with Crippen LogP contribution >= 0.6 is 11.8 Å². The Labute approximate surface area is 77.6 Å². The van der Waals surface area contributed by atoms with Gasteiger partial charge < -0.3 is 5.32 Å². The van der Waals surface area contributed by atoms with Gasteiger partial charge in [0.05, 0.1) is 0 Å². The van der Waals surface area contributed by atoms with Crippen LogP contribution < -0.4 is 5.32 Å². The second-order valence-corrected chi connectivity index (χ2v) is 4.42. The Morgan fingerprint density at radius 2 is 2.08 bits per heavy atom. The molecule has 1 saturated heterocycles. The monoisotopic (exact) mass is 179 g/mol. The van der Waals surface area contributed by atoms with Crippen molar-refractivity contribution in [3.63, 3.8) is 0 Å². The van der Waals surface area contributed by atoms with Gasteiger partial charge in [0, 0.05) is 16.7 Å². The second-order valence-electron chi connectivity index (χ2n) is 3.05. The lowest BCUT2D eigenvalue weighted by atomic mass is 10.4. The molecule has 0 saturated carbocycles. The number of nitrogens with one attached hydrogen (secondary N) is 1. The van der Waals surface area contributed by atoms with Gasteiger partial charge >= 0.3 is 0 Å². The van der Waals surface area contributed by atoms with E-state index in [4.69, 9.17) is 0 Å². The Morgan fingerprint density at radius 1 is 1.25 bits per heavy atom. The first-order valence-corrected chi connectivity index (χ1v) is 5.25. The largest absolute Gasteiger partial charge is 0.316 e. The predicted octanol–water partition coefficient (Wildman–Crippen LogP) is 2.14. The molecule has 1 heterocycles. The van der Waals surface area contributed by atoms with Crippen molar-refractivity contribution in [3.05, 3.63) is 30.3 Å². The number of hydrogen-bond donors (Lipinski definition) is 1. The second kappa shape index (κ2) is 3.97. The minimum absolute atomic E-state index is 0.785. The van der Waals surface area contributed by atoms with E-state index >= 15 is 0 Å². The van der Waals surface area contributed by atoms with E-state index in [1.807, 2.05) is 11.8 Å². The Morgan fingerprint density at radius 3 is 2.75 bits per heavy atom. The molecule has 2 rings (SSSR count). The summed E-state index contributed by atoms with van der Waals surface area (Å²) in [7, 11) is 0. The summed E-state index contributed by atoms with van der Waals surface area (Å²) >= 11 is 1.99. The molecule has 1 atom stereocenters. The SMILES string of the molecule is c1ccc(S[C@@H]2CCNC2)cc1. The molecular formula is C10H13NS. The molecule has 1 nitrogen and oxygen atoms in total. The molecule has 0 aromatic heterocycles. The van der Waals surface area contributed by atoms with Gasteiger partial charge in [-0.15, -0.1) is 11.8 Å². The molecule has 1 aromatic rings. The summed E-state index contributed by atoms with van der Waals surface area (Å²) in [4.78, 5) is 1.39. The summed E-state index contributed by atoms with van der Waals surface area (Å²) in [6.45, 7) is 2.35. The smallest absolute Gasteiger partial charge is 0.0231 e. The molecule has 0 aliphatic carbocycles. The van der Waals surface area contributed by atoms with Crippen molar-refractivity contribution in [2.75, 3.05) is 13.1 Å². The van der Waals surface area contributed by atoms with Gasteiger partial charge in [0.15, 0.2) is 0 Å². The highest BCUT2D eigenvalue weighted by atomic mass is 32.2. The molecule has 2 heteroatoms. The number of benzene rings is 1. The molecule has 12 heavy (non-hydrogen) atoms. The van der Waals surface area contributed by atoms with Gasteiger partial charge in [0.2, 0.25) is 0 Å². The molecule has 1 fully saturated rings. The van der Waals surface area contributed by atoms with Crippen LogP contribution in [0.25, 0.3) is 0 Å². The summed E-state index contributed by atoms with van der Waals surface area (Å²) in [5.74, 6) is 0. The molecule has 0 amide bonds. The topological polar surface area (TPSA) is 12.0 Å². The van der Waals surface area contributed by atoms with E-state index in [9.17, 15) is 0 Å². The number of thioether (sulfide) groups is 1. The van der Waals surface area contributed by atoms with Crippen LogP contribution in [0.4, 0.5) is 0 Å². The molecule has 0 radical (unpaired) electrons. The van der Waals surface area contributed by atoms with E-state index in [0.717, 1.165) is 5.25 Å². The summed E-state index contributed by atoms with van der Waals surface area (Å²) in [6.07, 6.45) is 1.31. The van der Waals surface area contributed by atoms with E-state index in [0.29, 0.717) is 0 Å². The molecular weight excluding hydrogens is 166 g/mol. The number of rotatable bonds is 2. The van der Waals surface area contributed by atoms with Crippen molar-refractivity contribution < 1.29 is 0 Å². The normalized spacial score (nSPS) is 22.8. The molecule has 1 aliphatic heterocycles. The highest BCUT2D eigenvalue weighted by Crippen LogP contribution is 2.26. The molecule has 1 N–H and O–H groups in total. The predicted molar refractivity (Wildman–Crippen MR) is 53.6 cm³/mol. The maximum Gasteiger partial charge on any atom is 0.0231 e. The van der Waals surface area contributed by atoms with Crippen LogP contribution in [0.15, 0.2) is 35.2 Å². The first-order valence-electron chi connectivity index (χ1n) is 4.37. The fourth-order valence-electron chi connectivity index (χ4n) is 1.42. The average Bonchev–Trinajstić information content (AvgIpc) is 2.59. The van der Waals surface area contributed by atoms with Gasteiger partial charge in [-0.3, -0.25) is 0 Å². The Kier molecular flexibility index (Phi) is 2.69. The molecule has 0 unspecified atom stereocenters. The third-order valence-corrected chi connectivity index (χ3v) is 3.34. The lowest BCUT2D eigenvalue weighted by Crippen LogP contribution is -2.09. The zero-order valence-corrected chi connectivity index (χ0v) is 7.81. The number of hydrogen-bond acceptors (Lipinski definition) is 2. The van der Waals surface area contributed by atoms with Crippen LogP contribution in [-0.4, -0.2) is 18.3 Å². The molecule has 64 valence electrons. The first kappa shape index (κ1) is 8.14. The van der Waals surface area contributed by atoms with Crippen LogP contribution in [0.3, 0.4) is 0 Å². The Balaban J connectivity index is 1.94. The lowest BCUT2D eigenvalue weighted by molar-refractivity contribution is 0.858. The van der Waals surface area contributed by atoms with Crippen molar-refractivity contribution in [1.82, 2.24) is 5.32 Å². The molecule has 1 aromatic carbocycles. The summed E-state index contributed by atoms with van der Waals surface area (Å²) in [5.41, 5.74) is 0. The van der Waals surface area contributed by atoms with E-state index in [2.05, 4.69) is 35.6 Å². The zero-order valence-electron chi connectivity index (χ0n) is 6.99. The summed E-state index contributed by atoms with van der Waals surface area (Å²) < 4.78 is 0. The fraction of sp³-hybridized carbons (Fsp3) is 0.400. The highest BCUT2D eigenvalue weighted by molar-refractivity contribution is 8.00. The maximum atomic E-state index is 3.37. The van der Waals surface area contributed by atoms with Crippen molar-refractivity contribution in [3.8, 4) is 0 Å². The van der Waals surface area contributed by atoms with Crippen molar-refractivity contribution in [1.29, 1.82) is 0 Å². The van der Waals surface area contributed by atoms with Crippen molar-refractivity contribution >= 4 is 11.8 Å². The van der Waals surface area contributed by atoms with Gasteiger partial charge in [0.1, 0.15) is 0 Å². The van der Waals surface area contributed by atoms with Crippen LogP contribution in [0.5, 0.6) is 0 Å². The maximum absolute atomic E-state index is 3.37. The van der Waals surface area contributed by atoms with Crippen LogP contribution in [0.1, 0.15) is 6.42 Å². The zero-order chi connectivity index (χ0) is 8.23. The minimum atomic E-state index is 0.785. The van der Waals surface area contributed by atoms with Crippen LogP contribution in [0.2, 0.25) is 0 Å². The van der Waals surface area contributed by atoms with Crippen LogP contribution in [-0.2, 0) is 0 Å². The van der Waals surface area contributed by atoms with Gasteiger partial charge in [-0.2, -0.15) is 0 Å². The Bertz CT molecular complexity index is 229. The van der Waals surface area contributed by atoms with E-state index < -0.39 is 0 Å². The van der Waals surface area contributed by atoms with Crippen molar-refractivity contribution in [2.45, 2.75) is 16.6 Å². The first-order chi connectivity index (χ1) is 5.95. The summed E-state index contributed by atoms with van der Waals surface area (Å²) in [6, 6.07) is 10.6. The minimum Gasteiger partial charge on any atom is -0.316 e.